The molecule has 2 rings (SSSR count). The maximum absolute atomic E-state index is 12.5. The van der Waals surface area contributed by atoms with Crippen LogP contribution in [0.2, 0.25) is 5.02 Å². The van der Waals surface area contributed by atoms with Gasteiger partial charge in [0, 0.05) is 36.2 Å². The molecule has 4 nitrogen and oxygen atoms in total. The van der Waals surface area contributed by atoms with Crippen molar-refractivity contribution in [2.75, 3.05) is 29.9 Å². The number of hydrogen-bond donors (Lipinski definition) is 1. The summed E-state index contributed by atoms with van der Waals surface area (Å²) in [6.45, 7) is 5.12. The van der Waals surface area contributed by atoms with Crippen molar-refractivity contribution in [2.45, 2.75) is 13.8 Å². The third-order valence-electron chi connectivity index (χ3n) is 3.29. The normalized spacial score (nSPS) is 15.1. The summed E-state index contributed by atoms with van der Waals surface area (Å²) in [5.41, 5.74) is 1.05. The van der Waals surface area contributed by atoms with Crippen LogP contribution >= 0.6 is 23.4 Å². The van der Waals surface area contributed by atoms with Crippen LogP contribution in [0.1, 0.15) is 24.2 Å². The average Bonchev–Trinajstić information content (AvgIpc) is 2.49. The van der Waals surface area contributed by atoms with Crippen molar-refractivity contribution in [2.24, 2.45) is 5.92 Å². The molecule has 0 atom stereocenters. The minimum atomic E-state index is -0.112. The number of benzene rings is 1. The second-order valence-electron chi connectivity index (χ2n) is 5.24. The fourth-order valence-electron chi connectivity index (χ4n) is 1.99. The van der Waals surface area contributed by atoms with E-state index >= 15 is 0 Å². The second kappa shape index (κ2) is 7.18. The van der Waals surface area contributed by atoms with Crippen molar-refractivity contribution in [3.63, 3.8) is 0 Å². The van der Waals surface area contributed by atoms with Gasteiger partial charge in [-0.15, -0.1) is 0 Å². The van der Waals surface area contributed by atoms with Crippen LogP contribution in [0.15, 0.2) is 18.2 Å². The molecule has 6 heteroatoms. The van der Waals surface area contributed by atoms with Crippen LogP contribution in [-0.2, 0) is 4.79 Å². The predicted molar refractivity (Wildman–Crippen MR) is 88.1 cm³/mol. The van der Waals surface area contributed by atoms with E-state index < -0.39 is 0 Å². The molecule has 0 radical (unpaired) electrons. The third kappa shape index (κ3) is 4.14. The average molecular weight is 327 g/mol. The highest BCUT2D eigenvalue weighted by atomic mass is 35.5. The van der Waals surface area contributed by atoms with E-state index in [1.165, 1.54) is 0 Å². The summed E-state index contributed by atoms with van der Waals surface area (Å²) in [4.78, 5) is 26.1. The summed E-state index contributed by atoms with van der Waals surface area (Å²) < 4.78 is 0. The highest BCUT2D eigenvalue weighted by Crippen LogP contribution is 2.23. The van der Waals surface area contributed by atoms with Gasteiger partial charge < -0.3 is 10.2 Å². The first-order valence-electron chi connectivity index (χ1n) is 6.96. The second-order valence-corrected chi connectivity index (χ2v) is 6.88. The maximum atomic E-state index is 12.5. The number of carbonyl (C=O) groups is 2. The highest BCUT2D eigenvalue weighted by molar-refractivity contribution is 7.99. The van der Waals surface area contributed by atoms with Gasteiger partial charge >= 0.3 is 0 Å². The predicted octanol–water partition coefficient (Wildman–Crippen LogP) is 3.12. The number of carbonyl (C=O) groups excluding carboxylic acids is 2. The lowest BCUT2D eigenvalue weighted by Gasteiger charge is -2.27. The molecule has 1 heterocycles. The van der Waals surface area contributed by atoms with Gasteiger partial charge in [0.05, 0.1) is 10.6 Å². The van der Waals surface area contributed by atoms with Crippen LogP contribution in [-0.4, -0.2) is 41.3 Å². The Kier molecular flexibility index (Phi) is 5.53. The van der Waals surface area contributed by atoms with Gasteiger partial charge in [-0.3, -0.25) is 9.59 Å². The number of nitrogens with one attached hydrogen (secondary N) is 1. The molecule has 0 saturated carbocycles. The lowest BCUT2D eigenvalue weighted by molar-refractivity contribution is -0.118. The van der Waals surface area contributed by atoms with Crippen LogP contribution in [0.5, 0.6) is 0 Å². The molecule has 0 unspecified atom stereocenters. The van der Waals surface area contributed by atoms with E-state index in [2.05, 4.69) is 5.32 Å². The van der Waals surface area contributed by atoms with E-state index in [1.54, 1.807) is 18.2 Å². The van der Waals surface area contributed by atoms with Crippen molar-refractivity contribution in [3.05, 3.63) is 28.8 Å². The fourth-order valence-corrected chi connectivity index (χ4v) is 3.09. The van der Waals surface area contributed by atoms with Crippen LogP contribution in [0.3, 0.4) is 0 Å². The van der Waals surface area contributed by atoms with Gasteiger partial charge in [-0.1, -0.05) is 25.4 Å². The van der Waals surface area contributed by atoms with Gasteiger partial charge in [0.25, 0.3) is 5.91 Å². The summed E-state index contributed by atoms with van der Waals surface area (Å²) >= 11 is 7.99. The van der Waals surface area contributed by atoms with Crippen LogP contribution in [0.4, 0.5) is 5.69 Å². The molecule has 0 aromatic heterocycles. The number of amides is 2. The van der Waals surface area contributed by atoms with E-state index in [9.17, 15) is 9.59 Å². The van der Waals surface area contributed by atoms with Gasteiger partial charge in [-0.2, -0.15) is 11.8 Å². The standard InChI is InChI=1S/C15H19ClN2O2S/c1-10(2)14(19)17-11-3-4-13(16)12(9-11)15(20)18-5-7-21-8-6-18/h3-4,9-10H,5-8H2,1-2H3,(H,17,19). The Morgan fingerprint density at radius 3 is 2.57 bits per heavy atom. The Morgan fingerprint density at radius 2 is 1.95 bits per heavy atom. The number of hydrogen-bond acceptors (Lipinski definition) is 3. The number of anilines is 1. The van der Waals surface area contributed by atoms with Crippen molar-refractivity contribution >= 4 is 40.9 Å². The Hall–Kier alpha value is -1.20. The van der Waals surface area contributed by atoms with Crippen LogP contribution < -0.4 is 5.32 Å². The number of thioether (sulfide) groups is 1. The summed E-state index contributed by atoms with van der Waals surface area (Å²) in [5, 5.41) is 3.21. The summed E-state index contributed by atoms with van der Waals surface area (Å²) in [6.07, 6.45) is 0. The Labute approximate surface area is 134 Å². The minimum absolute atomic E-state index is 0.0686. The zero-order valence-corrected chi connectivity index (χ0v) is 13.8. The topological polar surface area (TPSA) is 49.4 Å². The van der Waals surface area contributed by atoms with Gasteiger partial charge in [0.15, 0.2) is 0 Å². The van der Waals surface area contributed by atoms with E-state index in [0.29, 0.717) is 16.3 Å². The molecule has 21 heavy (non-hydrogen) atoms. The van der Waals surface area contributed by atoms with Crippen molar-refractivity contribution < 1.29 is 9.59 Å². The lowest BCUT2D eigenvalue weighted by Crippen LogP contribution is -2.38. The molecule has 2 amide bonds. The fraction of sp³-hybridized carbons (Fsp3) is 0.467. The van der Waals surface area contributed by atoms with Crippen molar-refractivity contribution in [1.82, 2.24) is 4.90 Å². The van der Waals surface area contributed by atoms with Gasteiger partial charge in [-0.25, -0.2) is 0 Å². The maximum Gasteiger partial charge on any atom is 0.255 e. The van der Waals surface area contributed by atoms with Crippen LogP contribution in [0, 0.1) is 5.92 Å². The molecular formula is C15H19ClN2O2S. The molecule has 1 saturated heterocycles. The summed E-state index contributed by atoms with van der Waals surface area (Å²) in [7, 11) is 0. The lowest BCUT2D eigenvalue weighted by atomic mass is 10.1. The molecule has 1 aliphatic rings. The molecule has 0 bridgehead atoms. The molecule has 0 aliphatic carbocycles. The first kappa shape index (κ1) is 16.2. The molecular weight excluding hydrogens is 308 g/mol. The number of halogens is 1. The summed E-state index contributed by atoms with van der Waals surface area (Å²) in [5.74, 6) is 1.64. The van der Waals surface area contributed by atoms with Gasteiger partial charge in [0.2, 0.25) is 5.91 Å². The SMILES string of the molecule is CC(C)C(=O)Nc1ccc(Cl)c(C(=O)N2CCSCC2)c1. The van der Waals surface area contributed by atoms with Gasteiger partial charge in [-0.05, 0) is 18.2 Å². The largest absolute Gasteiger partial charge is 0.337 e. The van der Waals surface area contributed by atoms with E-state index in [1.807, 2.05) is 30.5 Å². The Morgan fingerprint density at radius 1 is 1.29 bits per heavy atom. The number of nitrogens with zero attached hydrogens (tertiary/aromatic N) is 1. The Bertz CT molecular complexity index is 542. The first-order chi connectivity index (χ1) is 9.99. The monoisotopic (exact) mass is 326 g/mol. The smallest absolute Gasteiger partial charge is 0.255 e. The van der Waals surface area contributed by atoms with Gasteiger partial charge in [0.1, 0.15) is 0 Å². The van der Waals surface area contributed by atoms with E-state index in [-0.39, 0.29) is 17.7 Å². The summed E-state index contributed by atoms with van der Waals surface area (Å²) in [6, 6.07) is 5.03. The molecule has 114 valence electrons. The Balaban J connectivity index is 2.18. The molecule has 1 aromatic carbocycles. The first-order valence-corrected chi connectivity index (χ1v) is 8.49. The van der Waals surface area contributed by atoms with E-state index in [0.717, 1.165) is 24.6 Å². The molecule has 1 fully saturated rings. The third-order valence-corrected chi connectivity index (χ3v) is 4.56. The van der Waals surface area contributed by atoms with Crippen LogP contribution in [0.25, 0.3) is 0 Å². The molecule has 1 N–H and O–H groups in total. The minimum Gasteiger partial charge on any atom is -0.337 e. The molecule has 0 spiro atoms. The quantitative estimate of drug-likeness (QED) is 0.928. The van der Waals surface area contributed by atoms with Crippen molar-refractivity contribution in [3.8, 4) is 0 Å². The zero-order valence-electron chi connectivity index (χ0n) is 12.2. The molecule has 1 aliphatic heterocycles. The van der Waals surface area contributed by atoms with Crippen molar-refractivity contribution in [1.29, 1.82) is 0 Å². The molecule has 1 aromatic rings. The zero-order chi connectivity index (χ0) is 15.4. The van der Waals surface area contributed by atoms with E-state index in [4.69, 9.17) is 11.6 Å². The highest BCUT2D eigenvalue weighted by Gasteiger charge is 2.21. The number of rotatable bonds is 3.